The van der Waals surface area contributed by atoms with Crippen LogP contribution in [-0.4, -0.2) is 19.2 Å². The summed E-state index contributed by atoms with van der Waals surface area (Å²) >= 11 is 0. The normalized spacial score (nSPS) is 25.9. The van der Waals surface area contributed by atoms with E-state index in [9.17, 15) is 4.79 Å². The van der Waals surface area contributed by atoms with E-state index in [2.05, 4.69) is 25.7 Å². The van der Waals surface area contributed by atoms with Gasteiger partial charge in [-0.1, -0.05) is 51.3 Å². The Balaban J connectivity index is 2.34. The van der Waals surface area contributed by atoms with Gasteiger partial charge in [0.25, 0.3) is 0 Å². The summed E-state index contributed by atoms with van der Waals surface area (Å²) in [5.41, 5.74) is 0. The van der Waals surface area contributed by atoms with Gasteiger partial charge in [0, 0.05) is 6.04 Å². The minimum atomic E-state index is -0.0210. The summed E-state index contributed by atoms with van der Waals surface area (Å²) in [4.78, 5) is 11.2. The predicted octanol–water partition coefficient (Wildman–Crippen LogP) is 2.67. The molecule has 0 saturated heterocycles. The van der Waals surface area contributed by atoms with E-state index in [-0.39, 0.29) is 5.91 Å². The van der Waals surface area contributed by atoms with E-state index in [1.165, 1.54) is 32.6 Å². The molecule has 2 unspecified atom stereocenters. The molecule has 0 bridgehead atoms. The maximum Gasteiger partial charge on any atom is 0.243 e. The number of amides is 1. The molecule has 0 aromatic heterocycles. The SMILES string of the molecule is C=CC(=O)NC1CCCC(BC(C)C)CC1. The summed E-state index contributed by atoms with van der Waals surface area (Å²) < 4.78 is 0. The average molecular weight is 221 g/mol. The van der Waals surface area contributed by atoms with E-state index >= 15 is 0 Å². The maximum absolute atomic E-state index is 11.2. The van der Waals surface area contributed by atoms with E-state index in [1.54, 1.807) is 0 Å². The Morgan fingerprint density at radius 1 is 1.38 bits per heavy atom. The van der Waals surface area contributed by atoms with Gasteiger partial charge in [0.1, 0.15) is 7.28 Å². The number of hydrogen-bond acceptors (Lipinski definition) is 1. The van der Waals surface area contributed by atoms with Crippen LogP contribution >= 0.6 is 0 Å². The van der Waals surface area contributed by atoms with Crippen LogP contribution in [0.1, 0.15) is 46.0 Å². The molecule has 2 atom stereocenters. The summed E-state index contributed by atoms with van der Waals surface area (Å²) in [5.74, 6) is 1.64. The van der Waals surface area contributed by atoms with Gasteiger partial charge >= 0.3 is 0 Å². The van der Waals surface area contributed by atoms with Gasteiger partial charge in [-0.05, 0) is 18.9 Å². The van der Waals surface area contributed by atoms with Crippen molar-refractivity contribution in [3.05, 3.63) is 12.7 Å². The Morgan fingerprint density at radius 3 is 2.75 bits per heavy atom. The lowest BCUT2D eigenvalue weighted by molar-refractivity contribution is -0.117. The van der Waals surface area contributed by atoms with E-state index in [0.717, 1.165) is 24.5 Å². The molecule has 1 saturated carbocycles. The fourth-order valence-corrected chi connectivity index (χ4v) is 2.69. The highest BCUT2D eigenvalue weighted by Gasteiger charge is 2.20. The lowest BCUT2D eigenvalue weighted by atomic mass is 9.54. The molecule has 0 heterocycles. The van der Waals surface area contributed by atoms with Crippen molar-refractivity contribution < 1.29 is 4.79 Å². The van der Waals surface area contributed by atoms with Crippen LogP contribution in [0.15, 0.2) is 12.7 Å². The molecular weight excluding hydrogens is 197 g/mol. The highest BCUT2D eigenvalue weighted by Crippen LogP contribution is 2.29. The molecule has 1 rings (SSSR count). The molecule has 1 aliphatic carbocycles. The van der Waals surface area contributed by atoms with Crippen LogP contribution in [0, 0.1) is 0 Å². The lowest BCUT2D eigenvalue weighted by Gasteiger charge is -2.16. The third-order valence-electron chi connectivity index (χ3n) is 3.42. The van der Waals surface area contributed by atoms with Gasteiger partial charge < -0.3 is 5.32 Å². The molecule has 3 heteroatoms. The third kappa shape index (κ3) is 4.87. The first kappa shape index (κ1) is 13.3. The molecule has 16 heavy (non-hydrogen) atoms. The molecule has 0 spiro atoms. The molecule has 1 amide bonds. The van der Waals surface area contributed by atoms with Crippen LogP contribution in [-0.2, 0) is 4.79 Å². The Kier molecular flexibility index (Phi) is 5.65. The van der Waals surface area contributed by atoms with E-state index in [0.29, 0.717) is 6.04 Å². The zero-order chi connectivity index (χ0) is 12.0. The Hall–Kier alpha value is -0.725. The van der Waals surface area contributed by atoms with Crippen molar-refractivity contribution in [3.63, 3.8) is 0 Å². The average Bonchev–Trinajstić information content (AvgIpc) is 2.43. The highest BCUT2D eigenvalue weighted by atomic mass is 16.1. The fourth-order valence-electron chi connectivity index (χ4n) is 2.69. The number of carbonyl (C=O) groups excluding carboxylic acids is 1. The molecule has 0 aromatic rings. The van der Waals surface area contributed by atoms with Gasteiger partial charge in [0.15, 0.2) is 0 Å². The molecular formula is C13H24BNO. The van der Waals surface area contributed by atoms with Crippen molar-refractivity contribution >= 4 is 13.2 Å². The second-order valence-corrected chi connectivity index (χ2v) is 5.41. The van der Waals surface area contributed by atoms with E-state index < -0.39 is 0 Å². The van der Waals surface area contributed by atoms with Crippen LogP contribution in [0.5, 0.6) is 0 Å². The molecule has 1 aliphatic rings. The molecule has 1 fully saturated rings. The summed E-state index contributed by atoms with van der Waals surface area (Å²) in [7, 11) is 1.34. The van der Waals surface area contributed by atoms with Crippen molar-refractivity contribution in [1.29, 1.82) is 0 Å². The zero-order valence-corrected chi connectivity index (χ0v) is 10.7. The molecule has 0 aliphatic heterocycles. The van der Waals surface area contributed by atoms with Crippen molar-refractivity contribution in [2.24, 2.45) is 0 Å². The smallest absolute Gasteiger partial charge is 0.243 e. The maximum atomic E-state index is 11.2. The number of nitrogens with one attached hydrogen (secondary N) is 1. The Labute approximate surface area is 100 Å². The van der Waals surface area contributed by atoms with Gasteiger partial charge in [0.2, 0.25) is 5.91 Å². The molecule has 2 nitrogen and oxygen atoms in total. The lowest BCUT2D eigenvalue weighted by Crippen LogP contribution is -2.33. The van der Waals surface area contributed by atoms with Gasteiger partial charge in [-0.15, -0.1) is 0 Å². The Bertz CT molecular complexity index is 240. The fraction of sp³-hybridized carbons (Fsp3) is 0.769. The van der Waals surface area contributed by atoms with Gasteiger partial charge in [-0.3, -0.25) is 4.79 Å². The minimum Gasteiger partial charge on any atom is -0.350 e. The van der Waals surface area contributed by atoms with Crippen molar-refractivity contribution in [2.45, 2.75) is 63.6 Å². The second kappa shape index (κ2) is 6.77. The van der Waals surface area contributed by atoms with Crippen LogP contribution in [0.3, 0.4) is 0 Å². The summed E-state index contributed by atoms with van der Waals surface area (Å²) in [6, 6.07) is 0.377. The largest absolute Gasteiger partial charge is 0.350 e. The number of carbonyl (C=O) groups is 1. The first-order valence-corrected chi connectivity index (χ1v) is 6.54. The van der Waals surface area contributed by atoms with Gasteiger partial charge in [-0.25, -0.2) is 0 Å². The minimum absolute atomic E-state index is 0.0210. The van der Waals surface area contributed by atoms with E-state index in [4.69, 9.17) is 0 Å². The second-order valence-electron chi connectivity index (χ2n) is 5.41. The summed E-state index contributed by atoms with van der Waals surface area (Å²) in [6.45, 7) is 8.08. The van der Waals surface area contributed by atoms with Crippen LogP contribution in [0.25, 0.3) is 0 Å². The predicted molar refractivity (Wildman–Crippen MR) is 71.2 cm³/mol. The molecule has 1 N–H and O–H groups in total. The first-order chi connectivity index (χ1) is 7.61. The Morgan fingerprint density at radius 2 is 2.12 bits per heavy atom. The van der Waals surface area contributed by atoms with Crippen molar-refractivity contribution in [2.75, 3.05) is 0 Å². The van der Waals surface area contributed by atoms with Crippen LogP contribution in [0.2, 0.25) is 11.6 Å². The number of hydrogen-bond donors (Lipinski definition) is 1. The quantitative estimate of drug-likeness (QED) is 0.441. The summed E-state index contributed by atoms with van der Waals surface area (Å²) in [5, 5.41) is 3.03. The highest BCUT2D eigenvalue weighted by molar-refractivity contribution is 6.39. The zero-order valence-electron chi connectivity index (χ0n) is 10.7. The topological polar surface area (TPSA) is 29.1 Å². The van der Waals surface area contributed by atoms with Crippen molar-refractivity contribution in [1.82, 2.24) is 5.32 Å². The van der Waals surface area contributed by atoms with Crippen molar-refractivity contribution in [3.8, 4) is 0 Å². The molecule has 0 aromatic carbocycles. The van der Waals surface area contributed by atoms with Gasteiger partial charge in [0.05, 0.1) is 0 Å². The standard InChI is InChI=1S/C13H24BNO/c1-4-13(16)15-12-7-5-6-11(8-9-12)14-10(2)3/h4,10-12,14H,1,5-9H2,2-3H3,(H,15,16). The molecule has 0 radical (unpaired) electrons. The van der Waals surface area contributed by atoms with E-state index in [1.807, 2.05) is 0 Å². The van der Waals surface area contributed by atoms with Crippen LogP contribution < -0.4 is 5.32 Å². The number of rotatable bonds is 4. The summed E-state index contributed by atoms with van der Waals surface area (Å²) in [6.07, 6.45) is 7.49. The third-order valence-corrected chi connectivity index (χ3v) is 3.42. The first-order valence-electron chi connectivity index (χ1n) is 6.54. The monoisotopic (exact) mass is 221 g/mol. The van der Waals surface area contributed by atoms with Crippen LogP contribution in [0.4, 0.5) is 0 Å². The van der Waals surface area contributed by atoms with Gasteiger partial charge in [-0.2, -0.15) is 0 Å². The molecule has 90 valence electrons.